The number of hydrogen-bond acceptors (Lipinski definition) is 6. The predicted molar refractivity (Wildman–Crippen MR) is 71.2 cm³/mol. The topological polar surface area (TPSA) is 156 Å². The van der Waals surface area contributed by atoms with E-state index in [1.165, 1.54) is 0 Å². The monoisotopic (exact) mass is 296 g/mol. The van der Waals surface area contributed by atoms with Crippen molar-refractivity contribution in [1.29, 1.82) is 0 Å². The lowest BCUT2D eigenvalue weighted by Crippen LogP contribution is -1.91. The summed E-state index contributed by atoms with van der Waals surface area (Å²) in [4.78, 5) is 19.1. The fraction of sp³-hybridized carbons (Fsp3) is 0.667. The molecule has 8 heteroatoms. The summed E-state index contributed by atoms with van der Waals surface area (Å²) in [5.74, 6) is -2.51. The molecule has 0 atom stereocenters. The highest BCUT2D eigenvalue weighted by Gasteiger charge is 1.88. The molecule has 6 N–H and O–H groups in total. The zero-order valence-electron chi connectivity index (χ0n) is 11.3. The van der Waals surface area contributed by atoms with Gasteiger partial charge in [-0.3, -0.25) is 0 Å². The van der Waals surface area contributed by atoms with E-state index in [1.807, 2.05) is 0 Å². The zero-order valence-corrected chi connectivity index (χ0v) is 11.3. The van der Waals surface area contributed by atoms with Crippen molar-refractivity contribution in [1.82, 2.24) is 0 Å². The molecule has 0 aliphatic rings. The Morgan fingerprint density at radius 1 is 0.600 bits per heavy atom. The van der Waals surface area contributed by atoms with Gasteiger partial charge in [0.1, 0.15) is 0 Å². The average molecular weight is 296 g/mol. The second kappa shape index (κ2) is 22.7. The van der Waals surface area contributed by atoms with Crippen molar-refractivity contribution >= 4 is 11.9 Å². The number of hydrogen-bond donors (Lipinski definition) is 6. The molecule has 0 radical (unpaired) electrons. The second-order valence-electron chi connectivity index (χ2n) is 3.32. The van der Waals surface area contributed by atoms with Gasteiger partial charge < -0.3 is 30.6 Å². The van der Waals surface area contributed by atoms with E-state index < -0.39 is 11.9 Å². The van der Waals surface area contributed by atoms with Crippen LogP contribution in [0.15, 0.2) is 12.2 Å². The molecule has 0 aromatic heterocycles. The normalized spacial score (nSPS) is 9.20. The molecule has 8 nitrogen and oxygen atoms in total. The minimum atomic E-state index is -1.26. The Bertz CT molecular complexity index is 208. The molecule has 120 valence electrons. The number of aliphatic hydroxyl groups is 4. The van der Waals surface area contributed by atoms with Crippen LogP contribution in [0.4, 0.5) is 0 Å². The minimum absolute atomic E-state index is 0.195. The molecular weight excluding hydrogens is 272 g/mol. The number of aliphatic carboxylic acids is 2. The number of rotatable bonds is 8. The Morgan fingerprint density at radius 3 is 0.900 bits per heavy atom. The molecule has 0 heterocycles. The van der Waals surface area contributed by atoms with Crippen molar-refractivity contribution in [2.45, 2.75) is 25.7 Å². The number of carbonyl (C=O) groups is 2. The third-order valence-electron chi connectivity index (χ3n) is 1.50. The molecular formula is C12H24O8. The van der Waals surface area contributed by atoms with Crippen LogP contribution in [0.5, 0.6) is 0 Å². The van der Waals surface area contributed by atoms with E-state index in [-0.39, 0.29) is 26.4 Å². The first-order valence-corrected chi connectivity index (χ1v) is 6.03. The molecule has 0 aliphatic carbocycles. The third kappa shape index (κ3) is 43.9. The Balaban J connectivity index is -0.000000221. The molecule has 0 amide bonds. The van der Waals surface area contributed by atoms with Crippen molar-refractivity contribution in [3.63, 3.8) is 0 Å². The predicted octanol–water partition coefficient (Wildman–Crippen LogP) is -0.786. The number of carboxylic acids is 2. The molecule has 0 rings (SSSR count). The van der Waals surface area contributed by atoms with Gasteiger partial charge in [-0.05, 0) is 25.7 Å². The molecule has 0 saturated heterocycles. The maximum atomic E-state index is 9.55. The smallest absolute Gasteiger partial charge is 0.328 e. The summed E-state index contributed by atoms with van der Waals surface area (Å²) in [7, 11) is 0. The highest BCUT2D eigenvalue weighted by Crippen LogP contribution is 1.81. The van der Waals surface area contributed by atoms with Crippen LogP contribution in [0.25, 0.3) is 0 Å². The Morgan fingerprint density at radius 2 is 0.800 bits per heavy atom. The third-order valence-corrected chi connectivity index (χ3v) is 1.50. The van der Waals surface area contributed by atoms with Gasteiger partial charge in [-0.15, -0.1) is 0 Å². The van der Waals surface area contributed by atoms with Gasteiger partial charge >= 0.3 is 11.9 Å². The van der Waals surface area contributed by atoms with Crippen LogP contribution in [-0.4, -0.2) is 69.0 Å². The van der Waals surface area contributed by atoms with Crippen molar-refractivity contribution < 1.29 is 40.2 Å². The summed E-state index contributed by atoms with van der Waals surface area (Å²) < 4.78 is 0. The summed E-state index contributed by atoms with van der Waals surface area (Å²) in [5, 5.41) is 48.0. The SMILES string of the molecule is O=C(O)C=CC(=O)O.OCCCCO.OCCCCO. The van der Waals surface area contributed by atoms with Gasteiger partial charge in [-0.25, -0.2) is 9.59 Å². The molecule has 0 spiro atoms. The first-order valence-electron chi connectivity index (χ1n) is 6.03. The van der Waals surface area contributed by atoms with E-state index >= 15 is 0 Å². The average Bonchev–Trinajstić information content (AvgIpc) is 2.42. The first-order chi connectivity index (χ1) is 9.45. The van der Waals surface area contributed by atoms with Gasteiger partial charge in [-0.2, -0.15) is 0 Å². The Hall–Kier alpha value is -1.48. The fourth-order valence-corrected chi connectivity index (χ4v) is 0.590. The number of carboxylic acid groups (broad SMARTS) is 2. The van der Waals surface area contributed by atoms with E-state index in [4.69, 9.17) is 30.6 Å². The largest absolute Gasteiger partial charge is 0.478 e. The lowest BCUT2D eigenvalue weighted by atomic mass is 10.3. The molecule has 0 fully saturated rings. The van der Waals surface area contributed by atoms with E-state index in [0.29, 0.717) is 12.2 Å². The summed E-state index contributed by atoms with van der Waals surface area (Å²) in [5.41, 5.74) is 0. The second-order valence-corrected chi connectivity index (χ2v) is 3.32. The van der Waals surface area contributed by atoms with E-state index in [2.05, 4.69) is 0 Å². The van der Waals surface area contributed by atoms with Crippen LogP contribution in [0.2, 0.25) is 0 Å². The molecule has 0 aliphatic heterocycles. The highest BCUT2D eigenvalue weighted by atomic mass is 16.4. The summed E-state index contributed by atoms with van der Waals surface area (Å²) >= 11 is 0. The Labute approximate surface area is 117 Å². The molecule has 0 bridgehead atoms. The van der Waals surface area contributed by atoms with Gasteiger partial charge in [0.05, 0.1) is 0 Å². The molecule has 0 aromatic rings. The van der Waals surface area contributed by atoms with Gasteiger partial charge in [0, 0.05) is 38.6 Å². The maximum Gasteiger partial charge on any atom is 0.328 e. The summed E-state index contributed by atoms with van der Waals surface area (Å²) in [6, 6.07) is 0. The van der Waals surface area contributed by atoms with Crippen molar-refractivity contribution in [3.05, 3.63) is 12.2 Å². The van der Waals surface area contributed by atoms with Crippen molar-refractivity contribution in [2.75, 3.05) is 26.4 Å². The van der Waals surface area contributed by atoms with Crippen molar-refractivity contribution in [2.24, 2.45) is 0 Å². The van der Waals surface area contributed by atoms with Gasteiger partial charge in [-0.1, -0.05) is 0 Å². The molecule has 0 aromatic carbocycles. The minimum Gasteiger partial charge on any atom is -0.478 e. The standard InChI is InChI=1S/C4H4O4.2C4H10O2/c5-3(6)1-2-4(7)8;2*5-3-1-2-4-6/h1-2H,(H,5,6)(H,7,8);2*5-6H,1-4H2. The highest BCUT2D eigenvalue weighted by molar-refractivity contribution is 5.89. The number of unbranched alkanes of at least 4 members (excludes halogenated alkanes) is 2. The van der Waals surface area contributed by atoms with Crippen molar-refractivity contribution in [3.8, 4) is 0 Å². The lowest BCUT2D eigenvalue weighted by Gasteiger charge is -1.85. The van der Waals surface area contributed by atoms with E-state index in [9.17, 15) is 9.59 Å². The summed E-state index contributed by atoms with van der Waals surface area (Å²) in [6.07, 6.45) is 3.99. The van der Waals surface area contributed by atoms with Gasteiger partial charge in [0.25, 0.3) is 0 Å². The van der Waals surface area contributed by atoms with E-state index in [0.717, 1.165) is 25.7 Å². The molecule has 0 saturated carbocycles. The van der Waals surface area contributed by atoms with E-state index in [1.54, 1.807) is 0 Å². The zero-order chi connectivity index (χ0) is 16.2. The van der Waals surface area contributed by atoms with Crippen LogP contribution in [0, 0.1) is 0 Å². The van der Waals surface area contributed by atoms with Gasteiger partial charge in [0.15, 0.2) is 0 Å². The quantitative estimate of drug-likeness (QED) is 0.251. The van der Waals surface area contributed by atoms with Crippen LogP contribution in [0.1, 0.15) is 25.7 Å². The number of aliphatic hydroxyl groups excluding tert-OH is 4. The van der Waals surface area contributed by atoms with Crippen LogP contribution in [-0.2, 0) is 9.59 Å². The van der Waals surface area contributed by atoms with Gasteiger partial charge in [0.2, 0.25) is 0 Å². The lowest BCUT2D eigenvalue weighted by molar-refractivity contribution is -0.134. The Kier molecular flexibility index (Phi) is 26.8. The fourth-order valence-electron chi connectivity index (χ4n) is 0.590. The van der Waals surface area contributed by atoms with Crippen LogP contribution in [0.3, 0.4) is 0 Å². The first kappa shape index (κ1) is 23.6. The van der Waals surface area contributed by atoms with Crippen LogP contribution >= 0.6 is 0 Å². The molecule has 0 unspecified atom stereocenters. The van der Waals surface area contributed by atoms with Crippen LogP contribution < -0.4 is 0 Å². The summed E-state index contributed by atoms with van der Waals surface area (Å²) in [6.45, 7) is 0.780. The maximum absolute atomic E-state index is 9.55. The molecule has 20 heavy (non-hydrogen) atoms.